The molecule has 0 heterocycles. The Hall–Kier alpha value is -0.840. The van der Waals surface area contributed by atoms with E-state index in [2.05, 4.69) is 27.3 Å². The van der Waals surface area contributed by atoms with E-state index in [1.54, 1.807) is 6.08 Å². The first-order chi connectivity index (χ1) is 6.22. The lowest BCUT2D eigenvalue weighted by atomic mass is 10.2. The fourth-order valence-electron chi connectivity index (χ4n) is 0.806. The van der Waals surface area contributed by atoms with Crippen LogP contribution >= 0.6 is 22.6 Å². The number of esters is 1. The highest BCUT2D eigenvalue weighted by molar-refractivity contribution is 14.1. The van der Waals surface area contributed by atoms with Gasteiger partial charge in [-0.2, -0.15) is 0 Å². The number of methoxy groups -OCH3 is 1. The van der Waals surface area contributed by atoms with E-state index in [9.17, 15) is 4.79 Å². The largest absolute Gasteiger partial charge is 0.466 e. The predicted molar refractivity (Wildman–Crippen MR) is 60.2 cm³/mol. The summed E-state index contributed by atoms with van der Waals surface area (Å²) in [6.45, 7) is 0. The summed E-state index contributed by atoms with van der Waals surface area (Å²) in [5.74, 6) is -0.335. The number of benzene rings is 1. The molecule has 0 aliphatic carbocycles. The summed E-state index contributed by atoms with van der Waals surface area (Å²) in [5.41, 5.74) is 0.991. The summed E-state index contributed by atoms with van der Waals surface area (Å²) in [4.78, 5) is 10.7. The summed E-state index contributed by atoms with van der Waals surface area (Å²) < 4.78 is 5.64. The molecule has 0 saturated carbocycles. The minimum Gasteiger partial charge on any atom is -0.466 e. The second-order valence-corrected chi connectivity index (χ2v) is 3.65. The fraction of sp³-hybridized carbons (Fsp3) is 0.100. The number of carbonyl (C=O) groups excluding carboxylic acids is 1. The Kier molecular flexibility index (Phi) is 3.95. The smallest absolute Gasteiger partial charge is 0.330 e. The van der Waals surface area contributed by atoms with E-state index in [4.69, 9.17) is 0 Å². The quantitative estimate of drug-likeness (QED) is 0.475. The molecule has 0 bridgehead atoms. The van der Waals surface area contributed by atoms with Crippen molar-refractivity contribution >= 4 is 34.6 Å². The van der Waals surface area contributed by atoms with Crippen molar-refractivity contribution in [3.8, 4) is 0 Å². The van der Waals surface area contributed by atoms with Crippen LogP contribution in [0.2, 0.25) is 0 Å². The SMILES string of the molecule is COC(=O)C=Cc1ccc(I)cc1. The van der Waals surface area contributed by atoms with Crippen LogP contribution in [0.15, 0.2) is 30.3 Å². The predicted octanol–water partition coefficient (Wildman–Crippen LogP) is 2.48. The van der Waals surface area contributed by atoms with Gasteiger partial charge in [0, 0.05) is 9.65 Å². The number of halogens is 1. The van der Waals surface area contributed by atoms with Gasteiger partial charge in [0.25, 0.3) is 0 Å². The highest BCUT2D eigenvalue weighted by atomic mass is 127. The molecule has 3 heteroatoms. The van der Waals surface area contributed by atoms with Gasteiger partial charge < -0.3 is 4.74 Å². The molecule has 0 unspecified atom stereocenters. The topological polar surface area (TPSA) is 26.3 Å². The molecule has 1 rings (SSSR count). The molecule has 0 fully saturated rings. The highest BCUT2D eigenvalue weighted by Gasteiger charge is 1.91. The van der Waals surface area contributed by atoms with Crippen molar-refractivity contribution in [2.45, 2.75) is 0 Å². The van der Waals surface area contributed by atoms with Crippen molar-refractivity contribution in [1.29, 1.82) is 0 Å². The van der Waals surface area contributed by atoms with E-state index >= 15 is 0 Å². The normalized spacial score (nSPS) is 10.3. The van der Waals surface area contributed by atoms with Crippen LogP contribution in [-0.2, 0) is 9.53 Å². The van der Waals surface area contributed by atoms with E-state index in [0.717, 1.165) is 5.56 Å². The summed E-state index contributed by atoms with van der Waals surface area (Å²) in [6, 6.07) is 7.86. The molecule has 1 aromatic rings. The van der Waals surface area contributed by atoms with Gasteiger partial charge in [0.1, 0.15) is 0 Å². The summed E-state index contributed by atoms with van der Waals surface area (Å²) in [6.07, 6.45) is 3.13. The number of hydrogen-bond acceptors (Lipinski definition) is 2. The Balaban J connectivity index is 2.69. The van der Waals surface area contributed by atoms with Crippen LogP contribution in [0.3, 0.4) is 0 Å². The highest BCUT2D eigenvalue weighted by Crippen LogP contribution is 2.07. The first-order valence-corrected chi connectivity index (χ1v) is 4.82. The number of carbonyl (C=O) groups is 1. The van der Waals surface area contributed by atoms with Crippen molar-refractivity contribution in [3.05, 3.63) is 39.5 Å². The molecular formula is C10H9IO2. The zero-order valence-corrected chi connectivity index (χ0v) is 9.32. The first kappa shape index (κ1) is 10.2. The lowest BCUT2D eigenvalue weighted by Crippen LogP contribution is -1.93. The monoisotopic (exact) mass is 288 g/mol. The Labute approximate surface area is 90.7 Å². The lowest BCUT2D eigenvalue weighted by molar-refractivity contribution is -0.134. The number of hydrogen-bond donors (Lipinski definition) is 0. The Morgan fingerprint density at radius 2 is 2.00 bits per heavy atom. The van der Waals surface area contributed by atoms with E-state index in [-0.39, 0.29) is 5.97 Å². The van der Waals surface area contributed by atoms with E-state index < -0.39 is 0 Å². The van der Waals surface area contributed by atoms with Gasteiger partial charge in [-0.1, -0.05) is 12.1 Å². The number of ether oxygens (including phenoxy) is 1. The van der Waals surface area contributed by atoms with Gasteiger partial charge in [-0.05, 0) is 46.4 Å². The van der Waals surface area contributed by atoms with Crippen molar-refractivity contribution in [2.75, 3.05) is 7.11 Å². The van der Waals surface area contributed by atoms with Gasteiger partial charge in [-0.25, -0.2) is 4.79 Å². The van der Waals surface area contributed by atoms with Gasteiger partial charge in [0.05, 0.1) is 7.11 Å². The standard InChI is InChI=1S/C10H9IO2/c1-13-10(12)7-4-8-2-5-9(11)6-3-8/h2-7H,1H3. The minimum absolute atomic E-state index is 0.335. The van der Waals surface area contributed by atoms with E-state index in [1.807, 2.05) is 24.3 Å². The zero-order chi connectivity index (χ0) is 9.68. The van der Waals surface area contributed by atoms with Gasteiger partial charge in [-0.3, -0.25) is 0 Å². The fourth-order valence-corrected chi connectivity index (χ4v) is 1.17. The van der Waals surface area contributed by atoms with E-state index in [1.165, 1.54) is 16.8 Å². The molecule has 2 nitrogen and oxygen atoms in total. The molecule has 1 aromatic carbocycles. The summed E-state index contributed by atoms with van der Waals surface area (Å²) >= 11 is 2.23. The van der Waals surface area contributed by atoms with Gasteiger partial charge in [-0.15, -0.1) is 0 Å². The Bertz CT molecular complexity index is 314. The van der Waals surface area contributed by atoms with E-state index in [0.29, 0.717) is 0 Å². The molecule has 0 radical (unpaired) electrons. The third-order valence-electron chi connectivity index (χ3n) is 1.48. The van der Waals surface area contributed by atoms with Crippen LogP contribution < -0.4 is 0 Å². The van der Waals surface area contributed by atoms with Gasteiger partial charge >= 0.3 is 5.97 Å². The third-order valence-corrected chi connectivity index (χ3v) is 2.20. The molecule has 0 aliphatic rings. The molecule has 0 amide bonds. The maximum atomic E-state index is 10.7. The van der Waals surface area contributed by atoms with Crippen molar-refractivity contribution in [3.63, 3.8) is 0 Å². The molecular weight excluding hydrogens is 279 g/mol. The lowest BCUT2D eigenvalue weighted by Gasteiger charge is -1.93. The van der Waals surface area contributed by atoms with Crippen LogP contribution in [0.4, 0.5) is 0 Å². The van der Waals surface area contributed by atoms with Crippen molar-refractivity contribution < 1.29 is 9.53 Å². The molecule has 0 aromatic heterocycles. The maximum Gasteiger partial charge on any atom is 0.330 e. The number of rotatable bonds is 2. The summed E-state index contributed by atoms with van der Waals surface area (Å²) in [7, 11) is 1.36. The first-order valence-electron chi connectivity index (χ1n) is 3.74. The molecule has 0 N–H and O–H groups in total. The van der Waals surface area contributed by atoms with Gasteiger partial charge in [0.2, 0.25) is 0 Å². The molecule has 0 aliphatic heterocycles. The van der Waals surface area contributed by atoms with Crippen LogP contribution in [0, 0.1) is 3.57 Å². The Morgan fingerprint density at radius 1 is 1.38 bits per heavy atom. The second-order valence-electron chi connectivity index (χ2n) is 2.41. The minimum atomic E-state index is -0.335. The molecule has 0 spiro atoms. The van der Waals surface area contributed by atoms with Crippen LogP contribution in [-0.4, -0.2) is 13.1 Å². The Morgan fingerprint density at radius 3 is 2.54 bits per heavy atom. The van der Waals surface area contributed by atoms with Crippen LogP contribution in [0.25, 0.3) is 6.08 Å². The average molecular weight is 288 g/mol. The molecule has 0 atom stereocenters. The maximum absolute atomic E-state index is 10.7. The van der Waals surface area contributed by atoms with Crippen LogP contribution in [0.5, 0.6) is 0 Å². The average Bonchev–Trinajstić information content (AvgIpc) is 2.16. The molecule has 13 heavy (non-hydrogen) atoms. The van der Waals surface area contributed by atoms with Crippen molar-refractivity contribution in [1.82, 2.24) is 0 Å². The molecule has 0 saturated heterocycles. The van der Waals surface area contributed by atoms with Crippen molar-refractivity contribution in [2.24, 2.45) is 0 Å². The van der Waals surface area contributed by atoms with Gasteiger partial charge in [0.15, 0.2) is 0 Å². The third kappa shape index (κ3) is 3.59. The second kappa shape index (κ2) is 5.01. The summed E-state index contributed by atoms with van der Waals surface area (Å²) in [5, 5.41) is 0. The van der Waals surface area contributed by atoms with Crippen LogP contribution in [0.1, 0.15) is 5.56 Å². The zero-order valence-electron chi connectivity index (χ0n) is 7.16. The molecule has 68 valence electrons.